The average molecular weight is 152 g/mol. The van der Waals surface area contributed by atoms with Crippen LogP contribution in [0.15, 0.2) is 23.3 Å². The molecule has 0 radical (unpaired) electrons. The van der Waals surface area contributed by atoms with Gasteiger partial charge in [0.2, 0.25) is 0 Å². The summed E-state index contributed by atoms with van der Waals surface area (Å²) in [6.45, 7) is 7.58. The van der Waals surface area contributed by atoms with E-state index in [1.54, 1.807) is 6.92 Å². The molecule has 0 aliphatic rings. The van der Waals surface area contributed by atoms with Crippen LogP contribution in [-0.4, -0.2) is 5.78 Å². The number of hydrogen-bond donors (Lipinski definition) is 0. The smallest absolute Gasteiger partial charge is 0.155 e. The molecule has 0 N–H and O–H groups in total. The first kappa shape index (κ1) is 10.2. The number of carbonyl (C=O) groups is 1. The van der Waals surface area contributed by atoms with Gasteiger partial charge in [0.1, 0.15) is 0 Å². The van der Waals surface area contributed by atoms with Crippen molar-refractivity contribution in [3.63, 3.8) is 0 Å². The molecule has 0 spiro atoms. The lowest BCUT2D eigenvalue weighted by molar-refractivity contribution is -0.113. The molecule has 0 aromatic carbocycles. The summed E-state index contributed by atoms with van der Waals surface area (Å²) in [6.07, 6.45) is 4.92. The number of ketones is 1. The van der Waals surface area contributed by atoms with E-state index in [1.807, 2.05) is 19.1 Å². The van der Waals surface area contributed by atoms with E-state index >= 15 is 0 Å². The minimum absolute atomic E-state index is 0.144. The molecule has 11 heavy (non-hydrogen) atoms. The van der Waals surface area contributed by atoms with E-state index in [0.717, 1.165) is 12.0 Å². The Morgan fingerprint density at radius 1 is 1.18 bits per heavy atom. The van der Waals surface area contributed by atoms with Crippen molar-refractivity contribution in [3.8, 4) is 0 Å². The zero-order valence-electron chi connectivity index (χ0n) is 7.77. The van der Waals surface area contributed by atoms with Crippen LogP contribution in [0.3, 0.4) is 0 Å². The van der Waals surface area contributed by atoms with Gasteiger partial charge in [0.05, 0.1) is 0 Å². The first-order chi connectivity index (χ1) is 5.07. The Labute approximate surface area is 68.8 Å². The van der Waals surface area contributed by atoms with Gasteiger partial charge in [0, 0.05) is 0 Å². The third-order valence-electron chi connectivity index (χ3n) is 1.73. The second kappa shape index (κ2) is 4.89. The lowest BCUT2D eigenvalue weighted by atomic mass is 10.1. The standard InChI is InChI=1S/C10H16O/c1-5-8(2)6-7-9(3)10(4)11/h6-7H,5H2,1-4H3/b8-6-,9-7+. The van der Waals surface area contributed by atoms with Crippen LogP contribution in [0.2, 0.25) is 0 Å². The summed E-state index contributed by atoms with van der Waals surface area (Å²) in [5, 5.41) is 0. The lowest BCUT2D eigenvalue weighted by Crippen LogP contribution is -1.89. The Morgan fingerprint density at radius 3 is 2.09 bits per heavy atom. The molecule has 0 atom stereocenters. The zero-order chi connectivity index (χ0) is 8.85. The largest absolute Gasteiger partial charge is 0.295 e. The van der Waals surface area contributed by atoms with E-state index in [4.69, 9.17) is 0 Å². The average Bonchev–Trinajstić information content (AvgIpc) is 1.99. The van der Waals surface area contributed by atoms with Crippen molar-refractivity contribution in [2.75, 3.05) is 0 Å². The minimum Gasteiger partial charge on any atom is -0.295 e. The molecule has 0 heterocycles. The molecule has 0 fully saturated rings. The first-order valence-corrected chi connectivity index (χ1v) is 3.93. The maximum atomic E-state index is 10.7. The molecule has 0 unspecified atom stereocenters. The SMILES string of the molecule is CC/C(C)=C\C=C(/C)C(C)=O. The number of rotatable bonds is 3. The van der Waals surface area contributed by atoms with Crippen LogP contribution in [0, 0.1) is 0 Å². The van der Waals surface area contributed by atoms with Gasteiger partial charge in [-0.05, 0) is 32.8 Å². The summed E-state index contributed by atoms with van der Waals surface area (Å²) in [7, 11) is 0. The van der Waals surface area contributed by atoms with E-state index < -0.39 is 0 Å². The molecule has 62 valence electrons. The van der Waals surface area contributed by atoms with Crippen LogP contribution in [-0.2, 0) is 4.79 Å². The van der Waals surface area contributed by atoms with E-state index in [2.05, 4.69) is 13.8 Å². The van der Waals surface area contributed by atoms with Crippen LogP contribution in [0.5, 0.6) is 0 Å². The second-order valence-electron chi connectivity index (χ2n) is 2.77. The van der Waals surface area contributed by atoms with Crippen LogP contribution >= 0.6 is 0 Å². The summed E-state index contributed by atoms with van der Waals surface area (Å²) in [5.41, 5.74) is 2.11. The first-order valence-electron chi connectivity index (χ1n) is 3.93. The Morgan fingerprint density at radius 2 is 1.73 bits per heavy atom. The van der Waals surface area contributed by atoms with Crippen molar-refractivity contribution >= 4 is 5.78 Å². The Hall–Kier alpha value is -0.850. The Balaban J connectivity index is 4.22. The number of carbonyl (C=O) groups excluding carboxylic acids is 1. The monoisotopic (exact) mass is 152 g/mol. The van der Waals surface area contributed by atoms with E-state index in [-0.39, 0.29) is 5.78 Å². The summed E-state index contributed by atoms with van der Waals surface area (Å²) in [5.74, 6) is 0.144. The van der Waals surface area contributed by atoms with Crippen LogP contribution in [0.1, 0.15) is 34.1 Å². The molecule has 1 heteroatoms. The van der Waals surface area contributed by atoms with E-state index in [1.165, 1.54) is 5.57 Å². The normalized spacial score (nSPS) is 13.5. The second-order valence-corrected chi connectivity index (χ2v) is 2.77. The van der Waals surface area contributed by atoms with Crippen LogP contribution in [0.4, 0.5) is 0 Å². The molecule has 0 aromatic rings. The molecule has 0 amide bonds. The quantitative estimate of drug-likeness (QED) is 0.449. The minimum atomic E-state index is 0.144. The van der Waals surface area contributed by atoms with Gasteiger partial charge in [-0.25, -0.2) is 0 Å². The Kier molecular flexibility index (Phi) is 4.51. The van der Waals surface area contributed by atoms with Crippen molar-refractivity contribution in [2.45, 2.75) is 34.1 Å². The molecule has 1 nitrogen and oxygen atoms in total. The summed E-state index contributed by atoms with van der Waals surface area (Å²) >= 11 is 0. The predicted octanol–water partition coefficient (Wildman–Crippen LogP) is 2.88. The molecular formula is C10H16O. The van der Waals surface area contributed by atoms with Gasteiger partial charge >= 0.3 is 0 Å². The van der Waals surface area contributed by atoms with Crippen molar-refractivity contribution in [3.05, 3.63) is 23.3 Å². The highest BCUT2D eigenvalue weighted by Crippen LogP contribution is 2.01. The molecular weight excluding hydrogens is 136 g/mol. The van der Waals surface area contributed by atoms with Gasteiger partial charge in [-0.2, -0.15) is 0 Å². The fourth-order valence-corrected chi connectivity index (χ4v) is 0.502. The maximum absolute atomic E-state index is 10.7. The van der Waals surface area contributed by atoms with Gasteiger partial charge in [-0.3, -0.25) is 4.79 Å². The highest BCUT2D eigenvalue weighted by atomic mass is 16.1. The maximum Gasteiger partial charge on any atom is 0.155 e. The van der Waals surface area contributed by atoms with Crippen molar-refractivity contribution in [1.82, 2.24) is 0 Å². The zero-order valence-corrected chi connectivity index (χ0v) is 7.77. The third kappa shape index (κ3) is 4.54. The lowest BCUT2D eigenvalue weighted by Gasteiger charge is -1.92. The highest BCUT2D eigenvalue weighted by molar-refractivity contribution is 5.92. The molecule has 0 saturated carbocycles. The molecule has 0 rings (SSSR count). The van der Waals surface area contributed by atoms with Crippen LogP contribution < -0.4 is 0 Å². The molecule has 0 aromatic heterocycles. The van der Waals surface area contributed by atoms with Gasteiger partial charge in [-0.15, -0.1) is 0 Å². The van der Waals surface area contributed by atoms with Gasteiger partial charge < -0.3 is 0 Å². The van der Waals surface area contributed by atoms with Crippen molar-refractivity contribution in [2.24, 2.45) is 0 Å². The molecule has 0 saturated heterocycles. The molecule has 0 aliphatic carbocycles. The number of allylic oxidation sites excluding steroid dienone is 4. The van der Waals surface area contributed by atoms with E-state index in [9.17, 15) is 4.79 Å². The highest BCUT2D eigenvalue weighted by Gasteiger charge is 1.92. The van der Waals surface area contributed by atoms with E-state index in [0.29, 0.717) is 0 Å². The summed E-state index contributed by atoms with van der Waals surface area (Å²) in [4.78, 5) is 10.7. The van der Waals surface area contributed by atoms with Gasteiger partial charge in [0.15, 0.2) is 5.78 Å². The van der Waals surface area contributed by atoms with Gasteiger partial charge in [-0.1, -0.05) is 24.6 Å². The third-order valence-corrected chi connectivity index (χ3v) is 1.73. The van der Waals surface area contributed by atoms with Crippen molar-refractivity contribution in [1.29, 1.82) is 0 Å². The molecule has 0 aliphatic heterocycles. The molecule has 0 bridgehead atoms. The Bertz CT molecular complexity index is 197. The fourth-order valence-electron chi connectivity index (χ4n) is 0.502. The van der Waals surface area contributed by atoms with Crippen LogP contribution in [0.25, 0.3) is 0 Å². The number of Topliss-reactive ketones (excluding diaryl/α,β-unsaturated/α-hetero) is 1. The summed E-state index contributed by atoms with van der Waals surface area (Å²) in [6, 6.07) is 0. The van der Waals surface area contributed by atoms with Crippen molar-refractivity contribution < 1.29 is 4.79 Å². The van der Waals surface area contributed by atoms with Gasteiger partial charge in [0.25, 0.3) is 0 Å². The predicted molar refractivity (Wildman–Crippen MR) is 48.5 cm³/mol. The number of hydrogen-bond acceptors (Lipinski definition) is 1. The fraction of sp³-hybridized carbons (Fsp3) is 0.500. The summed E-state index contributed by atoms with van der Waals surface area (Å²) < 4.78 is 0. The topological polar surface area (TPSA) is 17.1 Å².